The average molecular weight is 361 g/mol. The van der Waals surface area contributed by atoms with E-state index in [1.54, 1.807) is 0 Å². The Hall–Kier alpha value is 0.110. The van der Waals surface area contributed by atoms with E-state index in [2.05, 4.69) is 5.32 Å². The molecule has 6 nitrogen and oxygen atoms in total. The van der Waals surface area contributed by atoms with Crippen LogP contribution in [-0.4, -0.2) is 64.6 Å². The Kier molecular flexibility index (Phi) is 6.92. The fourth-order valence-electron chi connectivity index (χ4n) is 3.06. The lowest BCUT2D eigenvalue weighted by molar-refractivity contribution is 0.234. The first-order chi connectivity index (χ1) is 9.28. The fraction of sp³-hybridized carbons (Fsp3) is 1.00. The van der Waals surface area contributed by atoms with Gasteiger partial charge in [0.15, 0.2) is 0 Å². The molecule has 2 rings (SSSR count). The zero-order valence-corrected chi connectivity index (χ0v) is 14.8. The maximum Gasteiger partial charge on any atom is 0.215 e. The molecule has 1 unspecified atom stereocenters. The van der Waals surface area contributed by atoms with Crippen LogP contribution in [0.15, 0.2) is 0 Å². The SMILES string of the molecule is CS(=O)(=O)CCS(=O)(=O)N1CCC(C2CCCN2)CC1.Cl. The smallest absolute Gasteiger partial charge is 0.215 e. The van der Waals surface area contributed by atoms with Gasteiger partial charge in [-0.25, -0.2) is 21.1 Å². The molecule has 0 aromatic rings. The first kappa shape index (κ1) is 19.2. The molecule has 0 bridgehead atoms. The number of sulfone groups is 1. The summed E-state index contributed by atoms with van der Waals surface area (Å²) < 4.78 is 47.9. The predicted molar refractivity (Wildman–Crippen MR) is 86.1 cm³/mol. The molecule has 0 aliphatic carbocycles. The molecule has 0 saturated carbocycles. The number of hydrogen-bond acceptors (Lipinski definition) is 5. The van der Waals surface area contributed by atoms with Crippen molar-refractivity contribution in [2.75, 3.05) is 37.4 Å². The van der Waals surface area contributed by atoms with Crippen LogP contribution < -0.4 is 5.32 Å². The summed E-state index contributed by atoms with van der Waals surface area (Å²) in [5, 5.41) is 3.48. The third-order valence-electron chi connectivity index (χ3n) is 4.27. The van der Waals surface area contributed by atoms with Gasteiger partial charge in [-0.15, -0.1) is 12.4 Å². The van der Waals surface area contributed by atoms with Gasteiger partial charge in [-0.3, -0.25) is 0 Å². The largest absolute Gasteiger partial charge is 0.314 e. The normalized spacial score (nSPS) is 25.7. The predicted octanol–water partition coefficient (Wildman–Crippen LogP) is 0.247. The van der Waals surface area contributed by atoms with Crippen molar-refractivity contribution in [3.8, 4) is 0 Å². The molecular formula is C12H25ClN2O4S2. The van der Waals surface area contributed by atoms with E-state index in [4.69, 9.17) is 0 Å². The topological polar surface area (TPSA) is 83.5 Å². The highest BCUT2D eigenvalue weighted by atomic mass is 35.5. The van der Waals surface area contributed by atoms with Crippen LogP contribution in [0.3, 0.4) is 0 Å². The monoisotopic (exact) mass is 360 g/mol. The molecule has 0 aromatic carbocycles. The quantitative estimate of drug-likeness (QED) is 0.759. The number of halogens is 1. The summed E-state index contributed by atoms with van der Waals surface area (Å²) in [7, 11) is -6.67. The summed E-state index contributed by atoms with van der Waals surface area (Å²) in [6, 6.07) is 0.538. The van der Waals surface area contributed by atoms with Crippen LogP contribution in [0.25, 0.3) is 0 Å². The van der Waals surface area contributed by atoms with Crippen LogP contribution in [0.1, 0.15) is 25.7 Å². The molecule has 126 valence electrons. The number of nitrogens with zero attached hydrogens (tertiary/aromatic N) is 1. The number of piperidine rings is 1. The molecule has 0 radical (unpaired) electrons. The molecule has 2 aliphatic heterocycles. The molecule has 0 spiro atoms. The Bertz CT molecular complexity index is 521. The average Bonchev–Trinajstić information content (AvgIpc) is 2.90. The molecule has 2 heterocycles. The highest BCUT2D eigenvalue weighted by Gasteiger charge is 2.32. The summed E-state index contributed by atoms with van der Waals surface area (Å²) in [6.07, 6.45) is 5.20. The molecule has 2 fully saturated rings. The van der Waals surface area contributed by atoms with E-state index < -0.39 is 19.9 Å². The molecule has 2 aliphatic rings. The summed E-state index contributed by atoms with van der Waals surface area (Å²) in [4.78, 5) is 0. The molecular weight excluding hydrogens is 336 g/mol. The van der Waals surface area contributed by atoms with E-state index in [9.17, 15) is 16.8 Å². The van der Waals surface area contributed by atoms with Crippen LogP contribution in [0.5, 0.6) is 0 Å². The van der Waals surface area contributed by atoms with Gasteiger partial charge in [0.1, 0.15) is 9.84 Å². The standard InChI is InChI=1S/C12H24N2O4S2.ClH/c1-19(15,16)9-10-20(17,18)14-7-4-11(5-8-14)12-3-2-6-13-12;/h11-13H,2-10H2,1H3;1H. The van der Waals surface area contributed by atoms with E-state index in [-0.39, 0.29) is 23.9 Å². The molecule has 0 aromatic heterocycles. The Morgan fingerprint density at radius 2 is 1.67 bits per heavy atom. The van der Waals surface area contributed by atoms with E-state index >= 15 is 0 Å². The van der Waals surface area contributed by atoms with Crippen LogP contribution in [0.4, 0.5) is 0 Å². The van der Waals surface area contributed by atoms with Gasteiger partial charge in [0, 0.05) is 25.4 Å². The van der Waals surface area contributed by atoms with Gasteiger partial charge >= 0.3 is 0 Å². The van der Waals surface area contributed by atoms with Crippen LogP contribution in [0.2, 0.25) is 0 Å². The third-order valence-corrected chi connectivity index (χ3v) is 7.35. The van der Waals surface area contributed by atoms with Gasteiger partial charge in [0.25, 0.3) is 0 Å². The van der Waals surface area contributed by atoms with Gasteiger partial charge in [-0.1, -0.05) is 0 Å². The van der Waals surface area contributed by atoms with E-state index in [0.717, 1.165) is 25.6 Å². The molecule has 1 N–H and O–H groups in total. The summed E-state index contributed by atoms with van der Waals surface area (Å²) in [5.74, 6) is -0.0312. The fourth-order valence-corrected chi connectivity index (χ4v) is 6.13. The first-order valence-corrected chi connectivity index (χ1v) is 10.8. The Labute approximate surface area is 134 Å². The zero-order chi connectivity index (χ0) is 14.8. The van der Waals surface area contributed by atoms with Gasteiger partial charge in [0.05, 0.1) is 11.5 Å². The van der Waals surface area contributed by atoms with E-state index in [1.165, 1.54) is 17.1 Å². The Morgan fingerprint density at radius 1 is 1.05 bits per heavy atom. The summed E-state index contributed by atoms with van der Waals surface area (Å²) in [6.45, 7) is 2.11. The van der Waals surface area contributed by atoms with Crippen molar-refractivity contribution in [1.82, 2.24) is 9.62 Å². The van der Waals surface area contributed by atoms with Gasteiger partial charge < -0.3 is 5.32 Å². The van der Waals surface area contributed by atoms with Crippen molar-refractivity contribution < 1.29 is 16.8 Å². The third kappa shape index (κ3) is 5.67. The number of nitrogens with one attached hydrogen (secondary N) is 1. The lowest BCUT2D eigenvalue weighted by atomic mass is 9.89. The maximum absolute atomic E-state index is 12.1. The molecule has 1 atom stereocenters. The maximum atomic E-state index is 12.1. The van der Waals surface area contributed by atoms with E-state index in [1.807, 2.05) is 0 Å². The second-order valence-corrected chi connectivity index (χ2v) is 10.2. The Balaban J connectivity index is 0.00000220. The van der Waals surface area contributed by atoms with Crippen molar-refractivity contribution in [1.29, 1.82) is 0 Å². The number of hydrogen-bond donors (Lipinski definition) is 1. The van der Waals surface area contributed by atoms with Crippen LogP contribution >= 0.6 is 12.4 Å². The van der Waals surface area contributed by atoms with Crippen molar-refractivity contribution in [2.24, 2.45) is 5.92 Å². The molecule has 2 saturated heterocycles. The minimum atomic E-state index is -3.43. The molecule has 21 heavy (non-hydrogen) atoms. The lowest BCUT2D eigenvalue weighted by Crippen LogP contribution is -2.44. The van der Waals surface area contributed by atoms with Crippen molar-refractivity contribution in [3.05, 3.63) is 0 Å². The molecule has 0 amide bonds. The Morgan fingerprint density at radius 3 is 2.14 bits per heavy atom. The molecule has 9 heteroatoms. The first-order valence-electron chi connectivity index (χ1n) is 7.17. The zero-order valence-electron chi connectivity index (χ0n) is 12.3. The van der Waals surface area contributed by atoms with Gasteiger partial charge in [0.2, 0.25) is 10.0 Å². The highest BCUT2D eigenvalue weighted by Crippen LogP contribution is 2.26. The second kappa shape index (κ2) is 7.59. The van der Waals surface area contributed by atoms with Crippen molar-refractivity contribution in [2.45, 2.75) is 31.7 Å². The minimum absolute atomic E-state index is 0. The minimum Gasteiger partial charge on any atom is -0.314 e. The highest BCUT2D eigenvalue weighted by molar-refractivity contribution is 7.93. The van der Waals surface area contributed by atoms with Crippen LogP contribution in [-0.2, 0) is 19.9 Å². The van der Waals surface area contributed by atoms with E-state index in [0.29, 0.717) is 25.0 Å². The van der Waals surface area contributed by atoms with Gasteiger partial charge in [-0.05, 0) is 38.1 Å². The summed E-state index contributed by atoms with van der Waals surface area (Å²) >= 11 is 0. The summed E-state index contributed by atoms with van der Waals surface area (Å²) in [5.41, 5.74) is 0. The van der Waals surface area contributed by atoms with Crippen molar-refractivity contribution in [3.63, 3.8) is 0 Å². The second-order valence-electron chi connectivity index (χ2n) is 5.89. The number of rotatable bonds is 5. The number of sulfonamides is 1. The van der Waals surface area contributed by atoms with Gasteiger partial charge in [-0.2, -0.15) is 0 Å². The van der Waals surface area contributed by atoms with Crippen LogP contribution in [0, 0.1) is 5.92 Å². The lowest BCUT2D eigenvalue weighted by Gasteiger charge is -2.34. The van der Waals surface area contributed by atoms with Crippen molar-refractivity contribution >= 4 is 32.3 Å².